The van der Waals surface area contributed by atoms with Crippen LogP contribution in [0.1, 0.15) is 38.2 Å². The largest absolute Gasteiger partial charge is 0.493 e. The maximum absolute atomic E-state index is 5.56. The van der Waals surface area contributed by atoms with Crippen molar-refractivity contribution in [2.24, 2.45) is 0 Å². The van der Waals surface area contributed by atoms with E-state index in [0.29, 0.717) is 5.92 Å². The zero-order chi connectivity index (χ0) is 23.4. The molecule has 0 atom stereocenters. The number of benzene rings is 2. The van der Waals surface area contributed by atoms with Crippen molar-refractivity contribution in [2.45, 2.75) is 32.6 Å². The molecular formula is C28H37N3O2. The van der Waals surface area contributed by atoms with Crippen LogP contribution in [-0.4, -0.2) is 56.8 Å². The molecule has 0 unspecified atom stereocenters. The van der Waals surface area contributed by atoms with Gasteiger partial charge in [0.2, 0.25) is 0 Å². The Bertz CT molecular complexity index is 1090. The van der Waals surface area contributed by atoms with E-state index >= 15 is 0 Å². The molecule has 176 valence electrons. The molecule has 1 saturated heterocycles. The second-order valence-electron chi connectivity index (χ2n) is 9.13. The van der Waals surface area contributed by atoms with Crippen LogP contribution in [0.4, 0.5) is 5.69 Å². The van der Waals surface area contributed by atoms with Gasteiger partial charge in [-0.05, 0) is 67.3 Å². The molecule has 3 aromatic rings. The Balaban J connectivity index is 1.62. The summed E-state index contributed by atoms with van der Waals surface area (Å²) in [5.41, 5.74) is 6.11. The van der Waals surface area contributed by atoms with Gasteiger partial charge in [-0.2, -0.15) is 0 Å². The van der Waals surface area contributed by atoms with Crippen molar-refractivity contribution < 1.29 is 9.47 Å². The summed E-state index contributed by atoms with van der Waals surface area (Å²) in [6.45, 7) is 13.9. The van der Waals surface area contributed by atoms with Gasteiger partial charge in [0.15, 0.2) is 11.5 Å². The summed E-state index contributed by atoms with van der Waals surface area (Å²) in [6.07, 6.45) is 4.32. The van der Waals surface area contributed by atoms with Crippen molar-refractivity contribution in [2.75, 3.05) is 51.8 Å². The van der Waals surface area contributed by atoms with Gasteiger partial charge in [0.1, 0.15) is 0 Å². The lowest BCUT2D eigenvalue weighted by molar-refractivity contribution is 0.255. The summed E-state index contributed by atoms with van der Waals surface area (Å²) in [5, 5.41) is 1.31. The topological polar surface area (TPSA) is 40.7 Å². The van der Waals surface area contributed by atoms with E-state index in [9.17, 15) is 0 Å². The first-order chi connectivity index (χ1) is 16.0. The fourth-order valence-corrected chi connectivity index (χ4v) is 4.91. The zero-order valence-corrected chi connectivity index (χ0v) is 20.5. The number of nitrogens with one attached hydrogen (secondary N) is 1. The average molecular weight is 448 g/mol. The first-order valence-corrected chi connectivity index (χ1v) is 12.0. The van der Waals surface area contributed by atoms with E-state index in [1.165, 1.54) is 35.1 Å². The lowest BCUT2D eigenvalue weighted by atomic mass is 9.95. The van der Waals surface area contributed by atoms with Crippen LogP contribution in [-0.2, 0) is 0 Å². The number of aromatic amines is 1. The number of hydrogen-bond donors (Lipinski definition) is 1. The van der Waals surface area contributed by atoms with Crippen LogP contribution in [0.15, 0.2) is 49.1 Å². The van der Waals surface area contributed by atoms with Crippen molar-refractivity contribution in [1.29, 1.82) is 0 Å². The van der Waals surface area contributed by atoms with Gasteiger partial charge in [-0.25, -0.2) is 0 Å². The highest BCUT2D eigenvalue weighted by molar-refractivity contribution is 5.93. The Morgan fingerprint density at radius 1 is 1.00 bits per heavy atom. The van der Waals surface area contributed by atoms with Gasteiger partial charge in [0.05, 0.1) is 19.9 Å². The summed E-state index contributed by atoms with van der Waals surface area (Å²) in [5.74, 6) is 1.88. The molecule has 0 aliphatic carbocycles. The van der Waals surface area contributed by atoms with Crippen LogP contribution in [0.25, 0.3) is 22.2 Å². The standard InChI is InChI=1S/C28H37N3O2/c1-6-7-8-13-30-14-16-31(17-15-30)22-10-11-24-23(19-22)27(20(2)3)28(29-24)21-9-12-25(32-4)26(18-21)33-5/h6,9-12,18-20,29H,1,7-8,13-17H2,2-5H3. The van der Waals surface area contributed by atoms with Crippen LogP contribution < -0.4 is 14.4 Å². The molecule has 0 saturated carbocycles. The molecule has 5 nitrogen and oxygen atoms in total. The number of methoxy groups -OCH3 is 2. The normalized spacial score (nSPS) is 14.8. The zero-order valence-electron chi connectivity index (χ0n) is 20.5. The highest BCUT2D eigenvalue weighted by atomic mass is 16.5. The van der Waals surface area contributed by atoms with E-state index in [4.69, 9.17) is 9.47 Å². The van der Waals surface area contributed by atoms with Crippen LogP contribution in [0.3, 0.4) is 0 Å². The average Bonchev–Trinajstić information content (AvgIpc) is 3.23. The third kappa shape index (κ3) is 4.88. The number of unbranched alkanes of at least 4 members (excludes halogenated alkanes) is 1. The molecule has 33 heavy (non-hydrogen) atoms. The van der Waals surface area contributed by atoms with E-state index in [-0.39, 0.29) is 0 Å². The predicted molar refractivity (Wildman–Crippen MR) is 139 cm³/mol. The molecule has 2 aromatic carbocycles. The molecule has 5 heteroatoms. The van der Waals surface area contributed by atoms with E-state index in [2.05, 4.69) is 65.5 Å². The Hall–Kier alpha value is -2.92. The number of H-pyrrole nitrogens is 1. The monoisotopic (exact) mass is 447 g/mol. The number of anilines is 1. The van der Waals surface area contributed by atoms with Crippen molar-refractivity contribution >= 4 is 16.6 Å². The quantitative estimate of drug-likeness (QED) is 0.320. The minimum absolute atomic E-state index is 0.388. The highest BCUT2D eigenvalue weighted by Gasteiger charge is 2.21. The molecule has 2 heterocycles. The van der Waals surface area contributed by atoms with Gasteiger partial charge < -0.3 is 19.4 Å². The third-order valence-corrected chi connectivity index (χ3v) is 6.69. The molecule has 0 spiro atoms. The molecule has 4 rings (SSSR count). The number of aromatic nitrogens is 1. The highest BCUT2D eigenvalue weighted by Crippen LogP contribution is 2.40. The maximum atomic E-state index is 5.56. The molecule has 0 amide bonds. The Labute approximate surface area is 198 Å². The van der Waals surface area contributed by atoms with Crippen LogP contribution >= 0.6 is 0 Å². The molecular weight excluding hydrogens is 410 g/mol. The molecule has 0 bridgehead atoms. The predicted octanol–water partition coefficient (Wildman–Crippen LogP) is 6.06. The second-order valence-corrected chi connectivity index (χ2v) is 9.13. The van der Waals surface area contributed by atoms with E-state index in [1.807, 2.05) is 12.1 Å². The smallest absolute Gasteiger partial charge is 0.161 e. The number of allylic oxidation sites excluding steroid dienone is 1. The molecule has 1 fully saturated rings. The van der Waals surface area contributed by atoms with Crippen LogP contribution in [0.5, 0.6) is 11.5 Å². The summed E-state index contributed by atoms with van der Waals surface area (Å²) in [6, 6.07) is 13.0. The van der Waals surface area contributed by atoms with Gasteiger partial charge in [-0.3, -0.25) is 4.90 Å². The lowest BCUT2D eigenvalue weighted by Crippen LogP contribution is -2.46. The SMILES string of the molecule is C=CCCCN1CCN(c2ccc3[nH]c(-c4ccc(OC)c(OC)c4)c(C(C)C)c3c2)CC1. The van der Waals surface area contributed by atoms with Crippen LogP contribution in [0, 0.1) is 0 Å². The number of nitrogens with zero attached hydrogens (tertiary/aromatic N) is 2. The fraction of sp³-hybridized carbons (Fsp3) is 0.429. The molecule has 1 N–H and O–H groups in total. The van der Waals surface area contributed by atoms with Crippen LogP contribution in [0.2, 0.25) is 0 Å². The van der Waals surface area contributed by atoms with Crippen molar-refractivity contribution in [3.8, 4) is 22.8 Å². The van der Waals surface area contributed by atoms with Gasteiger partial charge in [-0.1, -0.05) is 19.9 Å². The fourth-order valence-electron chi connectivity index (χ4n) is 4.91. The Morgan fingerprint density at radius 2 is 1.76 bits per heavy atom. The summed E-state index contributed by atoms with van der Waals surface area (Å²) in [7, 11) is 3.35. The van der Waals surface area contributed by atoms with Crippen molar-refractivity contribution in [1.82, 2.24) is 9.88 Å². The van der Waals surface area contributed by atoms with Crippen molar-refractivity contribution in [3.05, 3.63) is 54.6 Å². The summed E-state index contributed by atoms with van der Waals surface area (Å²) >= 11 is 0. The maximum Gasteiger partial charge on any atom is 0.161 e. The number of piperazine rings is 1. The third-order valence-electron chi connectivity index (χ3n) is 6.69. The summed E-state index contributed by atoms with van der Waals surface area (Å²) in [4.78, 5) is 8.78. The van der Waals surface area contributed by atoms with Gasteiger partial charge in [0, 0.05) is 48.3 Å². The van der Waals surface area contributed by atoms with E-state index < -0.39 is 0 Å². The van der Waals surface area contributed by atoms with Crippen molar-refractivity contribution in [3.63, 3.8) is 0 Å². The summed E-state index contributed by atoms with van der Waals surface area (Å²) < 4.78 is 11.0. The first-order valence-electron chi connectivity index (χ1n) is 12.0. The lowest BCUT2D eigenvalue weighted by Gasteiger charge is -2.36. The van der Waals surface area contributed by atoms with E-state index in [1.54, 1.807) is 14.2 Å². The number of ether oxygens (including phenoxy) is 2. The van der Waals surface area contributed by atoms with Gasteiger partial charge >= 0.3 is 0 Å². The number of hydrogen-bond acceptors (Lipinski definition) is 4. The number of fused-ring (bicyclic) bond motifs is 1. The van der Waals surface area contributed by atoms with Gasteiger partial charge in [-0.15, -0.1) is 6.58 Å². The minimum atomic E-state index is 0.388. The Morgan fingerprint density at radius 3 is 2.42 bits per heavy atom. The molecule has 1 aromatic heterocycles. The van der Waals surface area contributed by atoms with Gasteiger partial charge in [0.25, 0.3) is 0 Å². The molecule has 1 aliphatic heterocycles. The van der Waals surface area contributed by atoms with E-state index in [0.717, 1.165) is 55.4 Å². The molecule has 0 radical (unpaired) electrons. The Kier molecular flexibility index (Phi) is 7.29. The first kappa shape index (κ1) is 23.2. The minimum Gasteiger partial charge on any atom is -0.493 e. The number of rotatable bonds is 9. The second kappa shape index (κ2) is 10.3. The molecule has 1 aliphatic rings.